The number of nitrogens with zero attached hydrogens (tertiary/aromatic N) is 1. The van der Waals surface area contributed by atoms with Crippen LogP contribution in [0.3, 0.4) is 0 Å². The molecule has 0 unspecified atom stereocenters. The summed E-state index contributed by atoms with van der Waals surface area (Å²) in [5, 5.41) is 3.10. The van der Waals surface area contributed by atoms with E-state index in [-0.39, 0.29) is 10.5 Å². The first-order valence-corrected chi connectivity index (χ1v) is 11.7. The van der Waals surface area contributed by atoms with Gasteiger partial charge in [-0.3, -0.25) is 9.52 Å². The predicted octanol–water partition coefficient (Wildman–Crippen LogP) is 5.09. The summed E-state index contributed by atoms with van der Waals surface area (Å²) >= 11 is 1.37. The molecule has 160 valence electrons. The third kappa shape index (κ3) is 3.33. The minimum atomic E-state index is -4.18. The maximum Gasteiger partial charge on any atom is 0.262 e. The molecule has 0 radical (unpaired) electrons. The van der Waals surface area contributed by atoms with Gasteiger partial charge in [-0.1, -0.05) is 6.07 Å². The second kappa shape index (κ2) is 7.50. The Morgan fingerprint density at radius 3 is 2.78 bits per heavy atom. The van der Waals surface area contributed by atoms with Gasteiger partial charge in [-0.2, -0.15) is 0 Å². The highest BCUT2D eigenvalue weighted by atomic mass is 32.2. The highest BCUT2D eigenvalue weighted by Gasteiger charge is 2.26. The zero-order chi connectivity index (χ0) is 22.5. The fraction of sp³-hybridized carbons (Fsp3) is 0. The number of hydrogen-bond acceptors (Lipinski definition) is 5. The van der Waals surface area contributed by atoms with E-state index in [1.807, 2.05) is 11.4 Å². The number of nitrogens with one attached hydrogen (secondary N) is 2. The fourth-order valence-corrected chi connectivity index (χ4v) is 5.41. The molecular weight excluding hydrogens is 456 g/mol. The van der Waals surface area contributed by atoms with Crippen LogP contribution in [-0.2, 0) is 10.0 Å². The molecule has 0 aliphatic heterocycles. The minimum Gasteiger partial charge on any atom is -0.345 e. The highest BCUT2D eigenvalue weighted by Crippen LogP contribution is 2.29. The van der Waals surface area contributed by atoms with Crippen LogP contribution in [0.4, 0.5) is 14.5 Å². The van der Waals surface area contributed by atoms with E-state index < -0.39 is 38.7 Å². The predicted molar refractivity (Wildman–Crippen MR) is 119 cm³/mol. The Bertz CT molecular complexity index is 1620. The number of carbonyl (C=O) groups excluding carboxylic acids is 1. The Morgan fingerprint density at radius 1 is 1.09 bits per heavy atom. The molecule has 0 saturated heterocycles. The number of sulfonamides is 1. The van der Waals surface area contributed by atoms with Crippen molar-refractivity contribution in [1.82, 2.24) is 9.97 Å². The Morgan fingerprint density at radius 2 is 1.94 bits per heavy atom. The molecule has 10 heteroatoms. The van der Waals surface area contributed by atoms with E-state index in [0.717, 1.165) is 22.2 Å². The lowest BCUT2D eigenvalue weighted by Crippen LogP contribution is -2.16. The Labute approximate surface area is 184 Å². The third-order valence-corrected chi connectivity index (χ3v) is 7.24. The molecule has 2 N–H and O–H groups in total. The van der Waals surface area contributed by atoms with E-state index in [9.17, 15) is 17.6 Å². The number of ketones is 1. The van der Waals surface area contributed by atoms with Crippen molar-refractivity contribution in [3.8, 4) is 0 Å². The van der Waals surface area contributed by atoms with E-state index in [1.54, 1.807) is 18.2 Å². The lowest BCUT2D eigenvalue weighted by molar-refractivity contribution is 0.103. The van der Waals surface area contributed by atoms with Crippen molar-refractivity contribution in [3.63, 3.8) is 0 Å². The van der Waals surface area contributed by atoms with Gasteiger partial charge < -0.3 is 4.98 Å². The number of hydrogen-bond donors (Lipinski definition) is 2. The van der Waals surface area contributed by atoms with Crippen molar-refractivity contribution in [3.05, 3.63) is 89.1 Å². The molecule has 0 saturated carbocycles. The molecule has 3 aromatic heterocycles. The number of halogens is 2. The molecule has 0 bridgehead atoms. The Kier molecular flexibility index (Phi) is 4.75. The topological polar surface area (TPSA) is 91.9 Å². The third-order valence-electron chi connectivity index (χ3n) is 5.00. The van der Waals surface area contributed by atoms with Crippen molar-refractivity contribution in [1.29, 1.82) is 0 Å². The summed E-state index contributed by atoms with van der Waals surface area (Å²) in [7, 11) is -4.18. The highest BCUT2D eigenvalue weighted by molar-refractivity contribution is 7.92. The minimum absolute atomic E-state index is 0.0223. The summed E-state index contributed by atoms with van der Waals surface area (Å²) in [6, 6.07) is 11.3. The molecule has 0 fully saturated rings. The number of pyridine rings is 1. The molecular formula is C22H13F2N3O3S2. The van der Waals surface area contributed by atoms with Gasteiger partial charge in [0.25, 0.3) is 10.0 Å². The SMILES string of the molecule is O=C(c1c(F)ccc(NS(=O)(=O)c2ccc3ccsc3c2)c1F)c1c[nH]c2ncccc12. The molecule has 5 rings (SSSR count). The number of H-pyrrole nitrogens is 1. The van der Waals surface area contributed by atoms with Crippen LogP contribution in [0.15, 0.2) is 71.2 Å². The number of anilines is 1. The summed E-state index contributed by atoms with van der Waals surface area (Å²) < 4.78 is 58.2. The Balaban J connectivity index is 1.55. The summed E-state index contributed by atoms with van der Waals surface area (Å²) in [4.78, 5) is 19.7. The van der Waals surface area contributed by atoms with Gasteiger partial charge in [0.1, 0.15) is 11.5 Å². The van der Waals surface area contributed by atoms with Gasteiger partial charge >= 0.3 is 0 Å². The molecule has 0 spiro atoms. The summed E-state index contributed by atoms with van der Waals surface area (Å²) in [5.74, 6) is -3.33. The molecule has 2 aromatic carbocycles. The number of benzene rings is 2. The molecule has 0 amide bonds. The van der Waals surface area contributed by atoms with Gasteiger partial charge in [0.05, 0.1) is 16.1 Å². The first kappa shape index (κ1) is 20.3. The number of aromatic nitrogens is 2. The van der Waals surface area contributed by atoms with Gasteiger partial charge in [0.2, 0.25) is 5.78 Å². The average molecular weight is 469 g/mol. The van der Waals surface area contributed by atoms with Crippen molar-refractivity contribution in [2.75, 3.05) is 4.72 Å². The standard InChI is InChI=1S/C22H13F2N3O3S2/c23-16-5-6-17(27-32(29,30)13-4-3-12-7-9-31-18(12)10-13)20(24)19(16)21(28)15-11-26-22-14(15)2-1-8-25-22/h1-11,27H,(H,25,26). The van der Waals surface area contributed by atoms with Gasteiger partial charge in [-0.15, -0.1) is 11.3 Å². The number of fused-ring (bicyclic) bond motifs is 2. The average Bonchev–Trinajstić information content (AvgIpc) is 3.42. The van der Waals surface area contributed by atoms with Gasteiger partial charge in [0, 0.05) is 28.0 Å². The lowest BCUT2D eigenvalue weighted by atomic mass is 10.0. The van der Waals surface area contributed by atoms with Crippen LogP contribution in [0.1, 0.15) is 15.9 Å². The Hall–Kier alpha value is -3.63. The van der Waals surface area contributed by atoms with E-state index in [4.69, 9.17) is 0 Å². The van der Waals surface area contributed by atoms with Crippen molar-refractivity contribution in [2.24, 2.45) is 0 Å². The first-order valence-electron chi connectivity index (χ1n) is 9.30. The second-order valence-corrected chi connectivity index (χ2v) is 9.57. The smallest absolute Gasteiger partial charge is 0.262 e. The van der Waals surface area contributed by atoms with Gasteiger partial charge in [0.15, 0.2) is 5.82 Å². The normalized spacial score (nSPS) is 11.8. The van der Waals surface area contributed by atoms with E-state index >= 15 is 4.39 Å². The quantitative estimate of drug-likeness (QED) is 0.351. The molecule has 5 aromatic rings. The zero-order valence-electron chi connectivity index (χ0n) is 16.1. The zero-order valence-corrected chi connectivity index (χ0v) is 17.7. The number of rotatable bonds is 5. The fourth-order valence-electron chi connectivity index (χ4n) is 3.42. The second-order valence-electron chi connectivity index (χ2n) is 6.94. The van der Waals surface area contributed by atoms with Crippen LogP contribution in [0, 0.1) is 11.6 Å². The molecule has 32 heavy (non-hydrogen) atoms. The van der Waals surface area contributed by atoms with E-state index in [2.05, 4.69) is 14.7 Å². The number of carbonyl (C=O) groups is 1. The van der Waals surface area contributed by atoms with Crippen LogP contribution >= 0.6 is 11.3 Å². The van der Waals surface area contributed by atoms with E-state index in [0.29, 0.717) is 11.0 Å². The molecule has 3 heterocycles. The van der Waals surface area contributed by atoms with Crippen LogP contribution in [-0.4, -0.2) is 24.2 Å². The maximum atomic E-state index is 15.2. The first-order chi connectivity index (χ1) is 15.3. The molecule has 0 aliphatic carbocycles. The lowest BCUT2D eigenvalue weighted by Gasteiger charge is -2.12. The van der Waals surface area contributed by atoms with Gasteiger partial charge in [-0.05, 0) is 53.2 Å². The molecule has 0 atom stereocenters. The van der Waals surface area contributed by atoms with Crippen LogP contribution in [0.5, 0.6) is 0 Å². The largest absolute Gasteiger partial charge is 0.345 e. The van der Waals surface area contributed by atoms with Crippen molar-refractivity contribution >= 4 is 54.0 Å². The van der Waals surface area contributed by atoms with Gasteiger partial charge in [-0.25, -0.2) is 22.2 Å². The maximum absolute atomic E-state index is 15.2. The number of aromatic amines is 1. The summed E-state index contributed by atoms with van der Waals surface area (Å²) in [6.45, 7) is 0. The van der Waals surface area contributed by atoms with Crippen molar-refractivity contribution < 1.29 is 22.0 Å². The van der Waals surface area contributed by atoms with Crippen molar-refractivity contribution in [2.45, 2.75) is 4.90 Å². The molecule has 6 nitrogen and oxygen atoms in total. The summed E-state index contributed by atoms with van der Waals surface area (Å²) in [6.07, 6.45) is 2.82. The van der Waals surface area contributed by atoms with E-state index in [1.165, 1.54) is 35.9 Å². The van der Waals surface area contributed by atoms with Crippen LogP contribution < -0.4 is 4.72 Å². The molecule has 0 aliphatic rings. The monoisotopic (exact) mass is 469 g/mol. The van der Waals surface area contributed by atoms with Crippen LogP contribution in [0.25, 0.3) is 21.1 Å². The van der Waals surface area contributed by atoms with Crippen LogP contribution in [0.2, 0.25) is 0 Å². The number of thiophene rings is 1. The summed E-state index contributed by atoms with van der Waals surface area (Å²) in [5.41, 5.74) is -0.978.